The quantitative estimate of drug-likeness (QED) is 0.652. The van der Waals surface area contributed by atoms with Gasteiger partial charge in [-0.25, -0.2) is 17.2 Å². The lowest BCUT2D eigenvalue weighted by Crippen LogP contribution is -2.48. The Morgan fingerprint density at radius 1 is 1.30 bits per heavy atom. The van der Waals surface area contributed by atoms with Crippen LogP contribution in [0.25, 0.3) is 0 Å². The van der Waals surface area contributed by atoms with E-state index in [4.69, 9.17) is 4.74 Å². The molecule has 1 aromatic rings. The highest BCUT2D eigenvalue weighted by molar-refractivity contribution is 7.92. The molecule has 1 N–H and O–H groups in total. The van der Waals surface area contributed by atoms with Gasteiger partial charge in [0, 0.05) is 25.7 Å². The van der Waals surface area contributed by atoms with Crippen molar-refractivity contribution in [2.45, 2.75) is 19.4 Å². The molecule has 0 spiro atoms. The summed E-state index contributed by atoms with van der Waals surface area (Å²) >= 11 is 0. The van der Waals surface area contributed by atoms with Crippen LogP contribution in [-0.2, 0) is 19.6 Å². The SMILES string of the molecule is CC(C(=O)NCCCN1CCOCC1)N(c1ccc(F)c(F)c1)S(C)(=O)=O. The summed E-state index contributed by atoms with van der Waals surface area (Å²) in [5, 5.41) is 2.70. The van der Waals surface area contributed by atoms with Gasteiger partial charge in [0.1, 0.15) is 6.04 Å². The molecule has 2 rings (SSSR count). The number of ether oxygens (including phenoxy) is 1. The standard InChI is InChI=1S/C17H25F2N3O4S/c1-13(17(23)20-6-3-7-21-8-10-26-11-9-21)22(27(2,24)25)14-4-5-15(18)16(19)12-14/h4-5,12-13H,3,6-11H2,1-2H3,(H,20,23). The molecule has 0 bridgehead atoms. The molecule has 1 atom stereocenters. The number of amides is 1. The zero-order chi connectivity index (χ0) is 20.0. The van der Waals surface area contributed by atoms with Crippen molar-refractivity contribution in [2.24, 2.45) is 0 Å². The minimum Gasteiger partial charge on any atom is -0.379 e. The first-order chi connectivity index (χ1) is 12.7. The summed E-state index contributed by atoms with van der Waals surface area (Å²) in [6.07, 6.45) is 1.62. The van der Waals surface area contributed by atoms with E-state index in [0.717, 1.165) is 48.4 Å². The summed E-state index contributed by atoms with van der Waals surface area (Å²) < 4.78 is 56.9. The molecule has 0 aliphatic carbocycles. The highest BCUT2D eigenvalue weighted by atomic mass is 32.2. The molecule has 1 aromatic carbocycles. The minimum absolute atomic E-state index is 0.104. The molecular formula is C17H25F2N3O4S. The van der Waals surface area contributed by atoms with Crippen LogP contribution in [0.1, 0.15) is 13.3 Å². The van der Waals surface area contributed by atoms with Crippen LogP contribution in [-0.4, -0.2) is 70.9 Å². The van der Waals surface area contributed by atoms with Crippen molar-refractivity contribution in [3.8, 4) is 0 Å². The molecule has 27 heavy (non-hydrogen) atoms. The molecule has 0 radical (unpaired) electrons. The summed E-state index contributed by atoms with van der Waals surface area (Å²) in [5.74, 6) is -2.78. The number of rotatable bonds is 8. The van der Waals surface area contributed by atoms with Crippen LogP contribution >= 0.6 is 0 Å². The Balaban J connectivity index is 1.96. The van der Waals surface area contributed by atoms with E-state index in [1.807, 2.05) is 0 Å². The maximum atomic E-state index is 13.5. The third kappa shape index (κ3) is 6.12. The zero-order valence-electron chi connectivity index (χ0n) is 15.5. The third-order valence-corrected chi connectivity index (χ3v) is 5.54. The van der Waals surface area contributed by atoms with E-state index in [2.05, 4.69) is 10.2 Å². The van der Waals surface area contributed by atoms with Crippen LogP contribution in [0.2, 0.25) is 0 Å². The van der Waals surface area contributed by atoms with E-state index in [9.17, 15) is 22.0 Å². The van der Waals surface area contributed by atoms with Crippen molar-refractivity contribution in [1.82, 2.24) is 10.2 Å². The van der Waals surface area contributed by atoms with Gasteiger partial charge in [0.05, 0.1) is 25.2 Å². The van der Waals surface area contributed by atoms with Crippen LogP contribution in [0.3, 0.4) is 0 Å². The van der Waals surface area contributed by atoms with Crippen molar-refractivity contribution >= 4 is 21.6 Å². The number of nitrogens with zero attached hydrogens (tertiary/aromatic N) is 2. The molecule has 1 aliphatic rings. The molecule has 0 aromatic heterocycles. The lowest BCUT2D eigenvalue weighted by molar-refractivity contribution is -0.121. The van der Waals surface area contributed by atoms with Gasteiger partial charge in [0.2, 0.25) is 15.9 Å². The second kappa shape index (κ2) is 9.43. The van der Waals surface area contributed by atoms with Gasteiger partial charge in [-0.2, -0.15) is 0 Å². The van der Waals surface area contributed by atoms with Crippen LogP contribution < -0.4 is 9.62 Å². The summed E-state index contributed by atoms with van der Waals surface area (Å²) in [4.78, 5) is 14.6. The van der Waals surface area contributed by atoms with Gasteiger partial charge in [-0.1, -0.05) is 0 Å². The second-order valence-electron chi connectivity index (χ2n) is 6.43. The molecule has 1 amide bonds. The third-order valence-electron chi connectivity index (χ3n) is 4.30. The highest BCUT2D eigenvalue weighted by Gasteiger charge is 2.29. The van der Waals surface area contributed by atoms with E-state index in [-0.39, 0.29) is 5.69 Å². The second-order valence-corrected chi connectivity index (χ2v) is 8.29. The fourth-order valence-electron chi connectivity index (χ4n) is 2.92. The molecule has 10 heteroatoms. The summed E-state index contributed by atoms with van der Waals surface area (Å²) in [6.45, 7) is 5.68. The monoisotopic (exact) mass is 405 g/mol. The van der Waals surface area contributed by atoms with Crippen molar-refractivity contribution in [3.63, 3.8) is 0 Å². The Bertz CT molecular complexity index is 755. The molecule has 7 nitrogen and oxygen atoms in total. The number of sulfonamides is 1. The van der Waals surface area contributed by atoms with Gasteiger partial charge in [0.15, 0.2) is 11.6 Å². The fraction of sp³-hybridized carbons (Fsp3) is 0.588. The zero-order valence-corrected chi connectivity index (χ0v) is 16.3. The number of benzene rings is 1. The number of hydrogen-bond acceptors (Lipinski definition) is 5. The van der Waals surface area contributed by atoms with Gasteiger partial charge in [-0.3, -0.25) is 14.0 Å². The van der Waals surface area contributed by atoms with Gasteiger partial charge >= 0.3 is 0 Å². The largest absolute Gasteiger partial charge is 0.379 e. The fourth-order valence-corrected chi connectivity index (χ4v) is 4.08. The molecular weight excluding hydrogens is 380 g/mol. The van der Waals surface area contributed by atoms with E-state index in [0.29, 0.717) is 26.2 Å². The van der Waals surface area contributed by atoms with Gasteiger partial charge < -0.3 is 10.1 Å². The number of nitrogens with one attached hydrogen (secondary N) is 1. The predicted molar refractivity (Wildman–Crippen MR) is 98.0 cm³/mol. The number of morpholine rings is 1. The van der Waals surface area contributed by atoms with E-state index < -0.39 is 33.6 Å². The van der Waals surface area contributed by atoms with Crippen molar-refractivity contribution in [2.75, 3.05) is 50.0 Å². The van der Waals surface area contributed by atoms with Gasteiger partial charge in [0.25, 0.3) is 0 Å². The maximum Gasteiger partial charge on any atom is 0.243 e. The van der Waals surface area contributed by atoms with E-state index in [1.165, 1.54) is 6.92 Å². The highest BCUT2D eigenvalue weighted by Crippen LogP contribution is 2.23. The Labute approximate surface area is 158 Å². The van der Waals surface area contributed by atoms with Gasteiger partial charge in [-0.05, 0) is 32.0 Å². The lowest BCUT2D eigenvalue weighted by Gasteiger charge is -2.29. The summed E-state index contributed by atoms with van der Waals surface area (Å²) in [5.41, 5.74) is -0.104. The van der Waals surface area contributed by atoms with Crippen LogP contribution in [0.15, 0.2) is 18.2 Å². The van der Waals surface area contributed by atoms with E-state index in [1.54, 1.807) is 0 Å². The average molecular weight is 405 g/mol. The Morgan fingerprint density at radius 2 is 1.96 bits per heavy atom. The minimum atomic E-state index is -3.88. The number of carbonyl (C=O) groups is 1. The topological polar surface area (TPSA) is 79.0 Å². The first kappa shape index (κ1) is 21.5. The molecule has 1 heterocycles. The smallest absolute Gasteiger partial charge is 0.243 e. The normalized spacial score (nSPS) is 16.7. The number of anilines is 1. The molecule has 1 aliphatic heterocycles. The number of hydrogen-bond donors (Lipinski definition) is 1. The first-order valence-corrected chi connectivity index (χ1v) is 10.6. The van der Waals surface area contributed by atoms with Crippen molar-refractivity contribution in [1.29, 1.82) is 0 Å². The summed E-state index contributed by atoms with van der Waals surface area (Å²) in [6, 6.07) is 1.61. The maximum absolute atomic E-state index is 13.5. The summed E-state index contributed by atoms with van der Waals surface area (Å²) in [7, 11) is -3.88. The van der Waals surface area contributed by atoms with Gasteiger partial charge in [-0.15, -0.1) is 0 Å². The molecule has 0 saturated carbocycles. The molecule has 1 unspecified atom stereocenters. The average Bonchev–Trinajstić information content (AvgIpc) is 2.61. The molecule has 1 saturated heterocycles. The van der Waals surface area contributed by atoms with Crippen LogP contribution in [0, 0.1) is 11.6 Å². The van der Waals surface area contributed by atoms with Crippen LogP contribution in [0.5, 0.6) is 0 Å². The van der Waals surface area contributed by atoms with E-state index >= 15 is 0 Å². The number of halogens is 2. The lowest BCUT2D eigenvalue weighted by atomic mass is 10.2. The van der Waals surface area contributed by atoms with Crippen molar-refractivity contribution < 1.29 is 26.7 Å². The predicted octanol–water partition coefficient (Wildman–Crippen LogP) is 0.958. The van der Waals surface area contributed by atoms with Crippen molar-refractivity contribution in [3.05, 3.63) is 29.8 Å². The first-order valence-electron chi connectivity index (χ1n) is 8.72. The van der Waals surface area contributed by atoms with Crippen LogP contribution in [0.4, 0.5) is 14.5 Å². The molecule has 1 fully saturated rings. The molecule has 152 valence electrons. The number of carbonyl (C=O) groups excluding carboxylic acids is 1. The Kier molecular flexibility index (Phi) is 7.51. The Hall–Kier alpha value is -1.78. The Morgan fingerprint density at radius 3 is 2.56 bits per heavy atom.